The maximum atomic E-state index is 11.8. The highest BCUT2D eigenvalue weighted by atomic mass is 35.5. The summed E-state index contributed by atoms with van der Waals surface area (Å²) in [5.41, 5.74) is 0.208. The summed E-state index contributed by atoms with van der Waals surface area (Å²) < 4.78 is 16.3. The molecule has 0 aromatic heterocycles. The maximum absolute atomic E-state index is 11.8. The molecular weight excluding hydrogens is 363 g/mol. The summed E-state index contributed by atoms with van der Waals surface area (Å²) in [6.07, 6.45) is 1.50. The number of rotatable bonds is 8. The van der Waals surface area contributed by atoms with Crippen molar-refractivity contribution in [3.63, 3.8) is 0 Å². The molecule has 0 fully saturated rings. The van der Waals surface area contributed by atoms with Crippen LogP contribution in [0.3, 0.4) is 0 Å². The average molecular weight is 382 g/mol. The second-order valence-corrected chi connectivity index (χ2v) is 5.93. The Morgan fingerprint density at radius 1 is 0.913 bits per heavy atom. The lowest BCUT2D eigenvalue weighted by atomic mass is 10.2. The molecule has 1 aromatic carbocycles. The van der Waals surface area contributed by atoms with Gasteiger partial charge in [0.2, 0.25) is 0 Å². The molecule has 0 amide bonds. The van der Waals surface area contributed by atoms with Crippen molar-refractivity contribution in [2.75, 3.05) is 13.2 Å². The van der Waals surface area contributed by atoms with Gasteiger partial charge < -0.3 is 14.2 Å². The van der Waals surface area contributed by atoms with Crippen LogP contribution in [-0.4, -0.2) is 19.2 Å². The zero-order chi connectivity index (χ0) is 17.6. The summed E-state index contributed by atoms with van der Waals surface area (Å²) >= 11 is 18.8. The van der Waals surface area contributed by atoms with Crippen LogP contribution >= 0.6 is 34.8 Å². The summed E-state index contributed by atoms with van der Waals surface area (Å²) in [7, 11) is 0. The first kappa shape index (κ1) is 19.9. The quantitative estimate of drug-likeness (QED) is 0.329. The predicted molar refractivity (Wildman–Crippen MR) is 93.5 cm³/mol. The van der Waals surface area contributed by atoms with Gasteiger partial charge in [0.25, 0.3) is 0 Å². The first-order chi connectivity index (χ1) is 10.8. The van der Waals surface area contributed by atoms with Crippen LogP contribution in [0, 0.1) is 0 Å². The lowest BCUT2D eigenvalue weighted by Gasteiger charge is -2.18. The van der Waals surface area contributed by atoms with Gasteiger partial charge in [-0.2, -0.15) is 0 Å². The highest BCUT2D eigenvalue weighted by Gasteiger charge is 2.26. The molecule has 0 N–H and O–H groups in total. The van der Waals surface area contributed by atoms with E-state index in [1.54, 1.807) is 0 Å². The van der Waals surface area contributed by atoms with Gasteiger partial charge >= 0.3 is 5.97 Å². The second kappa shape index (κ2) is 9.26. The molecule has 23 heavy (non-hydrogen) atoms. The Kier molecular flexibility index (Phi) is 8.03. The molecule has 0 spiro atoms. The fraction of sp³-hybridized carbons (Fsp3) is 0.438. The van der Waals surface area contributed by atoms with Gasteiger partial charge in [0.05, 0.1) is 13.2 Å². The van der Waals surface area contributed by atoms with Gasteiger partial charge in [-0.15, -0.1) is 0 Å². The zero-order valence-electron chi connectivity index (χ0n) is 13.3. The van der Waals surface area contributed by atoms with Gasteiger partial charge in [-0.25, -0.2) is 4.79 Å². The molecule has 0 bridgehead atoms. The van der Waals surface area contributed by atoms with E-state index in [0.29, 0.717) is 13.2 Å². The van der Waals surface area contributed by atoms with Crippen LogP contribution in [-0.2, 0) is 4.79 Å². The summed E-state index contributed by atoms with van der Waals surface area (Å²) in [6.45, 7) is 9.70. The van der Waals surface area contributed by atoms with Crippen LogP contribution < -0.4 is 14.2 Å². The van der Waals surface area contributed by atoms with Crippen LogP contribution in [0.1, 0.15) is 33.6 Å². The topological polar surface area (TPSA) is 44.8 Å². The average Bonchev–Trinajstić information content (AvgIpc) is 2.51. The third kappa shape index (κ3) is 4.93. The minimum Gasteiger partial charge on any atom is -0.490 e. The standard InChI is InChI=1S/C16H19Cl3O4/c1-5-7-21-13-10(17)14(22-8-6-2)12(19)15(11(13)18)23-16(20)9(3)4/h3,5-8H2,1-2,4H3. The molecule has 0 heterocycles. The SMILES string of the molecule is C=C(C)C(=O)Oc1c(Cl)c(OCCC)c(Cl)c(OCCC)c1Cl. The third-order valence-electron chi connectivity index (χ3n) is 2.64. The molecule has 0 saturated carbocycles. The van der Waals surface area contributed by atoms with Gasteiger partial charge in [0.15, 0.2) is 17.2 Å². The van der Waals surface area contributed by atoms with Gasteiger partial charge in [-0.3, -0.25) is 0 Å². The Bertz CT molecular complexity index is 564. The summed E-state index contributed by atoms with van der Waals surface area (Å²) in [4.78, 5) is 11.8. The minimum atomic E-state index is -0.654. The van der Waals surface area contributed by atoms with Crippen molar-refractivity contribution in [1.82, 2.24) is 0 Å². The predicted octanol–water partition coefficient (Wildman–Crippen LogP) is 5.71. The highest BCUT2D eigenvalue weighted by molar-refractivity contribution is 6.44. The van der Waals surface area contributed by atoms with Crippen molar-refractivity contribution in [3.05, 3.63) is 27.2 Å². The third-order valence-corrected chi connectivity index (χ3v) is 3.67. The minimum absolute atomic E-state index is 0.0203. The van der Waals surface area contributed by atoms with Crippen LogP contribution in [0.2, 0.25) is 15.1 Å². The number of halogens is 3. The molecule has 1 rings (SSSR count). The number of esters is 1. The fourth-order valence-electron chi connectivity index (χ4n) is 1.53. The molecule has 128 valence electrons. The number of hydrogen-bond donors (Lipinski definition) is 0. The van der Waals surface area contributed by atoms with Crippen LogP contribution in [0.25, 0.3) is 0 Å². The molecule has 4 nitrogen and oxygen atoms in total. The summed E-state index contributed by atoms with van der Waals surface area (Å²) in [5, 5.41) is 0.191. The first-order valence-electron chi connectivity index (χ1n) is 7.18. The van der Waals surface area contributed by atoms with Crippen LogP contribution in [0.5, 0.6) is 17.2 Å². The number of benzene rings is 1. The number of carbonyl (C=O) groups is 1. The number of carbonyl (C=O) groups excluding carboxylic acids is 1. The van der Waals surface area contributed by atoms with Gasteiger partial charge in [0.1, 0.15) is 15.1 Å². The Labute approximate surface area is 151 Å². The zero-order valence-corrected chi connectivity index (χ0v) is 15.6. The van der Waals surface area contributed by atoms with Crippen molar-refractivity contribution < 1.29 is 19.0 Å². The van der Waals surface area contributed by atoms with E-state index >= 15 is 0 Å². The van der Waals surface area contributed by atoms with Crippen LogP contribution in [0.15, 0.2) is 12.2 Å². The molecule has 0 radical (unpaired) electrons. The highest BCUT2D eigenvalue weighted by Crippen LogP contribution is 2.52. The lowest BCUT2D eigenvalue weighted by Crippen LogP contribution is -2.10. The normalized spacial score (nSPS) is 10.3. The molecule has 1 aromatic rings. The fourth-order valence-corrected chi connectivity index (χ4v) is 2.54. The molecule has 0 aliphatic rings. The molecule has 0 aliphatic carbocycles. The first-order valence-corrected chi connectivity index (χ1v) is 8.32. The van der Waals surface area contributed by atoms with Crippen LogP contribution in [0.4, 0.5) is 0 Å². The monoisotopic (exact) mass is 380 g/mol. The lowest BCUT2D eigenvalue weighted by molar-refractivity contribution is -0.130. The molecular formula is C16H19Cl3O4. The van der Waals surface area contributed by atoms with E-state index in [9.17, 15) is 4.79 Å². The molecule has 0 atom stereocenters. The number of ether oxygens (including phenoxy) is 3. The van der Waals surface area contributed by atoms with Gasteiger partial charge in [-0.1, -0.05) is 55.2 Å². The smallest absolute Gasteiger partial charge is 0.338 e. The van der Waals surface area contributed by atoms with Crippen molar-refractivity contribution in [2.45, 2.75) is 33.6 Å². The van der Waals surface area contributed by atoms with E-state index in [4.69, 9.17) is 49.0 Å². The molecule has 0 unspecified atom stereocenters. The molecule has 0 aliphatic heterocycles. The summed E-state index contributed by atoms with van der Waals surface area (Å²) in [6, 6.07) is 0. The van der Waals surface area contributed by atoms with Gasteiger partial charge in [-0.05, 0) is 19.8 Å². The Hall–Kier alpha value is -1.10. The van der Waals surface area contributed by atoms with E-state index in [-0.39, 0.29) is 37.9 Å². The Balaban J connectivity index is 3.40. The van der Waals surface area contributed by atoms with Crippen molar-refractivity contribution in [2.24, 2.45) is 0 Å². The van der Waals surface area contributed by atoms with Gasteiger partial charge in [0, 0.05) is 5.57 Å². The largest absolute Gasteiger partial charge is 0.490 e. The van der Waals surface area contributed by atoms with E-state index in [1.807, 2.05) is 13.8 Å². The molecule has 0 saturated heterocycles. The van der Waals surface area contributed by atoms with E-state index in [2.05, 4.69) is 6.58 Å². The molecule has 7 heteroatoms. The Morgan fingerprint density at radius 3 is 1.65 bits per heavy atom. The summed E-state index contributed by atoms with van der Waals surface area (Å²) in [5.74, 6) is -0.354. The second-order valence-electron chi connectivity index (χ2n) is 4.80. The van der Waals surface area contributed by atoms with E-state index in [0.717, 1.165) is 12.8 Å². The van der Waals surface area contributed by atoms with Crippen molar-refractivity contribution in [1.29, 1.82) is 0 Å². The van der Waals surface area contributed by atoms with Crippen molar-refractivity contribution >= 4 is 40.8 Å². The van der Waals surface area contributed by atoms with Crippen molar-refractivity contribution in [3.8, 4) is 17.2 Å². The number of hydrogen-bond acceptors (Lipinski definition) is 4. The Morgan fingerprint density at radius 2 is 1.30 bits per heavy atom. The van der Waals surface area contributed by atoms with E-state index in [1.165, 1.54) is 6.92 Å². The maximum Gasteiger partial charge on any atom is 0.338 e. The van der Waals surface area contributed by atoms with E-state index < -0.39 is 5.97 Å².